The second-order valence-electron chi connectivity index (χ2n) is 11.7. The van der Waals surface area contributed by atoms with Crippen molar-refractivity contribution < 1.29 is 28.6 Å². The number of fused-ring (bicyclic) bond motifs is 5. The molecule has 13 heteroatoms. The van der Waals surface area contributed by atoms with Crippen molar-refractivity contribution in [2.45, 2.75) is 44.2 Å². The molecule has 1 fully saturated rings. The highest BCUT2D eigenvalue weighted by molar-refractivity contribution is 9.10. The Morgan fingerprint density at radius 3 is 2.62 bits per heavy atom. The SMILES string of the molecule is CN1CC[C@H](NC(=O)OCc2ccccc2)C(=O)N2C[C@@H](OCc3ccc(Br)cc3)C[C@H]2COc2ccsc2-c2cc(n(C)n2)C1=O. The summed E-state index contributed by atoms with van der Waals surface area (Å²) in [4.78, 5) is 44.9. The Bertz CT molecular complexity index is 1710. The fraction of sp³-hybridized carbons (Fsp3) is 0.353. The zero-order valence-electron chi connectivity index (χ0n) is 26.1. The highest BCUT2D eigenvalue weighted by Gasteiger charge is 2.40. The molecular weight excluding hydrogens is 686 g/mol. The van der Waals surface area contributed by atoms with Gasteiger partial charge < -0.3 is 29.3 Å². The van der Waals surface area contributed by atoms with Crippen LogP contribution in [-0.2, 0) is 34.5 Å². The molecule has 2 aliphatic heterocycles. The van der Waals surface area contributed by atoms with Crippen LogP contribution in [0.3, 0.4) is 0 Å². The molecule has 2 aliphatic rings. The lowest BCUT2D eigenvalue weighted by atomic mass is 10.1. The van der Waals surface area contributed by atoms with E-state index in [9.17, 15) is 14.4 Å². The largest absolute Gasteiger partial charge is 0.490 e. The average molecular weight is 723 g/mol. The van der Waals surface area contributed by atoms with Crippen LogP contribution in [0, 0.1) is 0 Å². The molecule has 246 valence electrons. The predicted molar refractivity (Wildman–Crippen MR) is 180 cm³/mol. The van der Waals surface area contributed by atoms with Crippen LogP contribution in [0.25, 0.3) is 10.6 Å². The summed E-state index contributed by atoms with van der Waals surface area (Å²) in [7, 11) is 3.40. The lowest BCUT2D eigenvalue weighted by Gasteiger charge is -2.30. The van der Waals surface area contributed by atoms with Gasteiger partial charge in [-0.2, -0.15) is 5.10 Å². The van der Waals surface area contributed by atoms with Gasteiger partial charge in [0.15, 0.2) is 0 Å². The summed E-state index contributed by atoms with van der Waals surface area (Å²) in [6.45, 7) is 1.21. The third-order valence-electron chi connectivity index (χ3n) is 8.35. The van der Waals surface area contributed by atoms with Gasteiger partial charge in [-0.15, -0.1) is 11.3 Å². The minimum atomic E-state index is -0.954. The van der Waals surface area contributed by atoms with Crippen molar-refractivity contribution >= 4 is 45.2 Å². The van der Waals surface area contributed by atoms with E-state index in [1.165, 1.54) is 16.2 Å². The van der Waals surface area contributed by atoms with Crippen molar-refractivity contribution in [2.24, 2.45) is 7.05 Å². The molecule has 1 N–H and O–H groups in total. The van der Waals surface area contributed by atoms with Crippen LogP contribution in [0.2, 0.25) is 0 Å². The molecule has 11 nitrogen and oxygen atoms in total. The molecule has 0 aliphatic carbocycles. The van der Waals surface area contributed by atoms with Crippen molar-refractivity contribution in [3.63, 3.8) is 0 Å². The van der Waals surface area contributed by atoms with Gasteiger partial charge in [-0.1, -0.05) is 58.4 Å². The minimum absolute atomic E-state index is 0.0594. The molecular formula is C34H36BrN5O6S. The second kappa shape index (κ2) is 14.7. The van der Waals surface area contributed by atoms with Crippen molar-refractivity contribution in [3.05, 3.63) is 93.4 Å². The number of amides is 3. The maximum Gasteiger partial charge on any atom is 0.408 e. The predicted octanol–water partition coefficient (Wildman–Crippen LogP) is 5.25. The molecule has 0 spiro atoms. The number of aromatic nitrogens is 2. The Balaban J connectivity index is 1.25. The average Bonchev–Trinajstić information content (AvgIpc) is 3.82. The Hall–Kier alpha value is -4.20. The lowest BCUT2D eigenvalue weighted by molar-refractivity contribution is -0.135. The molecule has 0 unspecified atom stereocenters. The number of aryl methyl sites for hydroxylation is 1. The number of alkyl carbamates (subject to hydrolysis) is 1. The Morgan fingerprint density at radius 1 is 1.06 bits per heavy atom. The number of hydrogen-bond donors (Lipinski definition) is 1. The molecule has 0 saturated carbocycles. The number of hydrogen-bond acceptors (Lipinski definition) is 8. The number of nitrogens with zero attached hydrogens (tertiary/aromatic N) is 4. The number of rotatable bonds is 6. The van der Waals surface area contributed by atoms with Crippen LogP contribution in [0.5, 0.6) is 5.75 Å². The number of carbonyl (C=O) groups is 3. The van der Waals surface area contributed by atoms with Crippen molar-refractivity contribution in [3.8, 4) is 16.3 Å². The number of benzene rings is 2. The fourth-order valence-electron chi connectivity index (χ4n) is 5.76. The summed E-state index contributed by atoms with van der Waals surface area (Å²) in [6.07, 6.45) is -0.230. The number of ether oxygens (including phenoxy) is 3. The van der Waals surface area contributed by atoms with E-state index in [0.29, 0.717) is 36.7 Å². The zero-order chi connectivity index (χ0) is 32.9. The van der Waals surface area contributed by atoms with Gasteiger partial charge in [-0.3, -0.25) is 14.3 Å². The molecule has 6 rings (SSSR count). The molecule has 3 amide bonds. The lowest BCUT2D eigenvalue weighted by Crippen LogP contribution is -2.52. The number of nitrogens with one attached hydrogen (secondary N) is 1. The van der Waals surface area contributed by atoms with Crippen molar-refractivity contribution in [1.29, 1.82) is 0 Å². The number of thiophene rings is 1. The van der Waals surface area contributed by atoms with Crippen LogP contribution in [-0.4, -0.2) is 82.4 Å². The third-order valence-corrected chi connectivity index (χ3v) is 9.80. The first-order valence-electron chi connectivity index (χ1n) is 15.4. The van der Waals surface area contributed by atoms with Gasteiger partial charge in [0.1, 0.15) is 36.4 Å². The van der Waals surface area contributed by atoms with Gasteiger partial charge in [0.05, 0.1) is 23.6 Å². The van der Waals surface area contributed by atoms with Crippen molar-refractivity contribution in [1.82, 2.24) is 24.9 Å². The second-order valence-corrected chi connectivity index (χ2v) is 13.5. The first kappa shape index (κ1) is 32.7. The topological polar surface area (TPSA) is 115 Å². The highest BCUT2D eigenvalue weighted by Crippen LogP contribution is 2.36. The van der Waals surface area contributed by atoms with Crippen LogP contribution in [0.4, 0.5) is 4.79 Å². The number of halogens is 1. The molecule has 2 aromatic carbocycles. The third kappa shape index (κ3) is 7.86. The van der Waals surface area contributed by atoms with E-state index >= 15 is 0 Å². The summed E-state index contributed by atoms with van der Waals surface area (Å²) in [6, 6.07) is 19.6. The first-order chi connectivity index (χ1) is 22.7. The Labute approximate surface area is 285 Å². The maximum atomic E-state index is 14.3. The molecule has 1 saturated heterocycles. The van der Waals surface area contributed by atoms with Crippen LogP contribution in [0.15, 0.2) is 76.6 Å². The summed E-state index contributed by atoms with van der Waals surface area (Å²) < 4.78 is 20.7. The quantitative estimate of drug-likeness (QED) is 0.290. The highest BCUT2D eigenvalue weighted by atomic mass is 79.9. The molecule has 0 radical (unpaired) electrons. The van der Waals surface area contributed by atoms with E-state index < -0.39 is 12.1 Å². The summed E-state index contributed by atoms with van der Waals surface area (Å²) in [5.74, 6) is 0.0908. The minimum Gasteiger partial charge on any atom is -0.490 e. The molecule has 47 heavy (non-hydrogen) atoms. The van der Waals surface area contributed by atoms with Gasteiger partial charge in [0, 0.05) is 31.7 Å². The zero-order valence-corrected chi connectivity index (χ0v) is 28.5. The van der Waals surface area contributed by atoms with E-state index in [4.69, 9.17) is 14.2 Å². The monoisotopic (exact) mass is 721 g/mol. The van der Waals surface area contributed by atoms with Gasteiger partial charge >= 0.3 is 6.09 Å². The van der Waals surface area contributed by atoms with Crippen LogP contribution >= 0.6 is 27.3 Å². The smallest absolute Gasteiger partial charge is 0.408 e. The maximum absolute atomic E-state index is 14.3. The van der Waals surface area contributed by atoms with E-state index in [1.54, 1.807) is 29.7 Å². The van der Waals surface area contributed by atoms with Gasteiger partial charge in [-0.25, -0.2) is 4.79 Å². The molecule has 3 atom stereocenters. The first-order valence-corrected chi connectivity index (χ1v) is 17.1. The fourth-order valence-corrected chi connectivity index (χ4v) is 6.82. The normalized spacial score (nSPS) is 20.1. The Kier molecular flexibility index (Phi) is 10.2. The molecule has 4 aromatic rings. The van der Waals surface area contributed by atoms with Crippen LogP contribution in [0.1, 0.15) is 34.5 Å². The van der Waals surface area contributed by atoms with Crippen LogP contribution < -0.4 is 10.1 Å². The van der Waals surface area contributed by atoms with Gasteiger partial charge in [-0.05, 0) is 53.6 Å². The summed E-state index contributed by atoms with van der Waals surface area (Å²) in [5, 5.41) is 9.31. The Morgan fingerprint density at radius 2 is 1.83 bits per heavy atom. The standard InChI is InChI=1S/C34H36BrN5O6S/c1-38-14-12-27(36-34(43)46-20-22-6-4-3-5-7-22)32(41)40-18-26(44-19-23-8-10-24(35)11-9-23)16-25(40)21-45-30-13-15-47-31(30)28-17-29(33(38)42)39(2)37-28/h3-11,13,15,17,25-27H,12,14,16,18-21H2,1-2H3,(H,36,43)/t25-,26-,27-/m0/s1. The number of carbonyl (C=O) groups excluding carboxylic acids is 3. The van der Waals surface area contributed by atoms with E-state index in [0.717, 1.165) is 20.5 Å². The van der Waals surface area contributed by atoms with E-state index in [2.05, 4.69) is 26.3 Å². The van der Waals surface area contributed by atoms with E-state index in [-0.39, 0.29) is 50.1 Å². The summed E-state index contributed by atoms with van der Waals surface area (Å²) >= 11 is 4.94. The molecule has 2 aromatic heterocycles. The van der Waals surface area contributed by atoms with Crippen molar-refractivity contribution in [2.75, 3.05) is 26.7 Å². The summed E-state index contributed by atoms with van der Waals surface area (Å²) in [5.41, 5.74) is 2.89. The van der Waals surface area contributed by atoms with Gasteiger partial charge in [0.25, 0.3) is 5.91 Å². The van der Waals surface area contributed by atoms with Gasteiger partial charge in [0.2, 0.25) is 5.91 Å². The molecule has 2 bridgehead atoms. The molecule has 4 heterocycles. The van der Waals surface area contributed by atoms with E-state index in [1.807, 2.05) is 66.0 Å².